The van der Waals surface area contributed by atoms with Crippen molar-refractivity contribution in [2.24, 2.45) is 0 Å². The van der Waals surface area contributed by atoms with Crippen LogP contribution in [0.4, 0.5) is 0 Å². The van der Waals surface area contributed by atoms with Crippen LogP contribution in [0.3, 0.4) is 0 Å². The molecule has 1 aromatic carbocycles. The molecule has 6 heteroatoms. The molecule has 22 heavy (non-hydrogen) atoms. The number of aryl methyl sites for hydroxylation is 2. The molecule has 0 saturated heterocycles. The third-order valence-corrected chi connectivity index (χ3v) is 5.23. The summed E-state index contributed by atoms with van der Waals surface area (Å²) in [7, 11) is -3.58. The molecule has 1 amide bonds. The Morgan fingerprint density at radius 3 is 2.41 bits per heavy atom. The fraction of sp³-hybridized carbons (Fsp3) is 0.562. The number of sulfonamides is 1. The Balaban J connectivity index is 2.60. The minimum atomic E-state index is -3.58. The first-order chi connectivity index (χ1) is 10.3. The van der Waals surface area contributed by atoms with Gasteiger partial charge in [-0.15, -0.1) is 0 Å². The summed E-state index contributed by atoms with van der Waals surface area (Å²) < 4.78 is 27.1. The van der Waals surface area contributed by atoms with E-state index in [-0.39, 0.29) is 29.8 Å². The second-order valence-electron chi connectivity index (χ2n) is 5.50. The highest BCUT2D eigenvalue weighted by atomic mass is 32.2. The summed E-state index contributed by atoms with van der Waals surface area (Å²) in [4.78, 5) is 12.0. The molecule has 1 aromatic rings. The van der Waals surface area contributed by atoms with Crippen LogP contribution in [0.25, 0.3) is 0 Å². The molecule has 0 aromatic heterocycles. The molecular formula is C16H26N2O3S. The largest absolute Gasteiger partial charge is 0.353 e. The molecule has 0 unspecified atom stereocenters. The summed E-state index contributed by atoms with van der Waals surface area (Å²) in [5.74, 6) is -0.127. The van der Waals surface area contributed by atoms with Gasteiger partial charge in [0.1, 0.15) is 0 Å². The topological polar surface area (TPSA) is 75.3 Å². The van der Waals surface area contributed by atoms with E-state index in [1.54, 1.807) is 19.1 Å². The number of carbonyl (C=O) groups excluding carboxylic acids is 1. The molecule has 2 N–H and O–H groups in total. The first-order valence-corrected chi connectivity index (χ1v) is 9.14. The Kier molecular flexibility index (Phi) is 7.03. The molecule has 124 valence electrons. The number of carbonyl (C=O) groups is 1. The van der Waals surface area contributed by atoms with Gasteiger partial charge < -0.3 is 5.32 Å². The molecule has 0 aliphatic carbocycles. The number of benzene rings is 1. The summed E-state index contributed by atoms with van der Waals surface area (Å²) in [6.45, 7) is 7.73. The SMILES string of the molecule is CCC(CC)NC(=O)CCNS(=O)(=O)c1cc(C)ccc1C. The van der Waals surface area contributed by atoms with E-state index in [2.05, 4.69) is 10.0 Å². The summed E-state index contributed by atoms with van der Waals surface area (Å²) in [5, 5.41) is 2.89. The van der Waals surface area contributed by atoms with Crippen LogP contribution < -0.4 is 10.0 Å². The van der Waals surface area contributed by atoms with Crippen molar-refractivity contribution in [3.63, 3.8) is 0 Å². The molecule has 0 saturated carbocycles. The first-order valence-electron chi connectivity index (χ1n) is 7.66. The molecular weight excluding hydrogens is 300 g/mol. The van der Waals surface area contributed by atoms with Gasteiger partial charge in [-0.25, -0.2) is 13.1 Å². The Hall–Kier alpha value is -1.40. The van der Waals surface area contributed by atoms with E-state index in [9.17, 15) is 13.2 Å². The lowest BCUT2D eigenvalue weighted by molar-refractivity contribution is -0.121. The normalized spacial score (nSPS) is 11.7. The van der Waals surface area contributed by atoms with Crippen LogP contribution in [-0.4, -0.2) is 26.9 Å². The van der Waals surface area contributed by atoms with Crippen molar-refractivity contribution in [3.8, 4) is 0 Å². The lowest BCUT2D eigenvalue weighted by atomic mass is 10.1. The Labute approximate surface area is 133 Å². The van der Waals surface area contributed by atoms with E-state index < -0.39 is 10.0 Å². The average Bonchev–Trinajstić information content (AvgIpc) is 2.47. The highest BCUT2D eigenvalue weighted by Gasteiger charge is 2.17. The Morgan fingerprint density at radius 2 is 1.82 bits per heavy atom. The summed E-state index contributed by atoms with van der Waals surface area (Å²) in [6.07, 6.45) is 1.88. The molecule has 0 bridgehead atoms. The molecule has 0 radical (unpaired) electrons. The standard InChI is InChI=1S/C16H26N2O3S/c1-5-14(6-2)18-16(19)9-10-17-22(20,21)15-11-12(3)7-8-13(15)4/h7-8,11,14,17H,5-6,9-10H2,1-4H3,(H,18,19). The van der Waals surface area contributed by atoms with Gasteiger partial charge in [0, 0.05) is 19.0 Å². The maximum atomic E-state index is 12.3. The highest BCUT2D eigenvalue weighted by Crippen LogP contribution is 2.16. The lowest BCUT2D eigenvalue weighted by Crippen LogP contribution is -2.36. The van der Waals surface area contributed by atoms with Crippen LogP contribution in [0.1, 0.15) is 44.2 Å². The van der Waals surface area contributed by atoms with Crippen LogP contribution >= 0.6 is 0 Å². The van der Waals surface area contributed by atoms with Crippen LogP contribution in [-0.2, 0) is 14.8 Å². The first kappa shape index (κ1) is 18.6. The minimum absolute atomic E-state index is 0.0989. The van der Waals surface area contributed by atoms with Gasteiger partial charge in [0.05, 0.1) is 4.90 Å². The Bertz CT molecular complexity index is 608. The predicted octanol–water partition coefficient (Wildman–Crippen LogP) is 2.28. The maximum Gasteiger partial charge on any atom is 0.240 e. The van der Waals surface area contributed by atoms with Crippen molar-refractivity contribution in [2.45, 2.75) is 57.9 Å². The summed E-state index contributed by atoms with van der Waals surface area (Å²) in [5.41, 5.74) is 1.58. The van der Waals surface area contributed by atoms with E-state index in [4.69, 9.17) is 0 Å². The smallest absolute Gasteiger partial charge is 0.240 e. The third-order valence-electron chi connectivity index (χ3n) is 3.63. The number of nitrogens with one attached hydrogen (secondary N) is 2. The van der Waals surface area contributed by atoms with Crippen molar-refractivity contribution in [1.82, 2.24) is 10.0 Å². The molecule has 0 aliphatic heterocycles. The van der Waals surface area contributed by atoms with Gasteiger partial charge in [-0.2, -0.15) is 0 Å². The number of hydrogen-bond acceptors (Lipinski definition) is 3. The van der Waals surface area contributed by atoms with Gasteiger partial charge in [0.15, 0.2) is 0 Å². The van der Waals surface area contributed by atoms with Crippen molar-refractivity contribution in [3.05, 3.63) is 29.3 Å². The summed E-state index contributed by atoms with van der Waals surface area (Å²) in [6, 6.07) is 5.45. The van der Waals surface area contributed by atoms with Gasteiger partial charge in [0.25, 0.3) is 0 Å². The molecule has 0 fully saturated rings. The molecule has 0 heterocycles. The fourth-order valence-electron chi connectivity index (χ4n) is 2.17. The van der Waals surface area contributed by atoms with E-state index in [1.165, 1.54) is 0 Å². The molecule has 1 rings (SSSR count). The zero-order valence-corrected chi connectivity index (χ0v) is 14.6. The van der Waals surface area contributed by atoms with E-state index in [0.717, 1.165) is 18.4 Å². The Morgan fingerprint density at radius 1 is 1.18 bits per heavy atom. The second-order valence-corrected chi connectivity index (χ2v) is 7.23. The van der Waals surface area contributed by atoms with Gasteiger partial charge in [-0.05, 0) is 43.9 Å². The van der Waals surface area contributed by atoms with Gasteiger partial charge >= 0.3 is 0 Å². The van der Waals surface area contributed by atoms with Crippen molar-refractivity contribution >= 4 is 15.9 Å². The fourth-order valence-corrected chi connectivity index (χ4v) is 3.53. The maximum absolute atomic E-state index is 12.3. The number of amides is 1. The average molecular weight is 326 g/mol. The monoisotopic (exact) mass is 326 g/mol. The summed E-state index contributed by atoms with van der Waals surface area (Å²) >= 11 is 0. The van der Waals surface area contributed by atoms with Crippen LogP contribution in [0, 0.1) is 13.8 Å². The zero-order valence-electron chi connectivity index (χ0n) is 13.8. The quantitative estimate of drug-likeness (QED) is 0.769. The zero-order chi connectivity index (χ0) is 16.8. The van der Waals surface area contributed by atoms with Crippen LogP contribution in [0.5, 0.6) is 0 Å². The number of rotatable bonds is 8. The van der Waals surface area contributed by atoms with Crippen molar-refractivity contribution < 1.29 is 13.2 Å². The van der Waals surface area contributed by atoms with Crippen molar-refractivity contribution in [2.75, 3.05) is 6.54 Å². The number of hydrogen-bond donors (Lipinski definition) is 2. The second kappa shape index (κ2) is 8.29. The van der Waals surface area contributed by atoms with Gasteiger partial charge in [-0.1, -0.05) is 26.0 Å². The molecule has 0 spiro atoms. The van der Waals surface area contributed by atoms with Crippen LogP contribution in [0.15, 0.2) is 23.1 Å². The minimum Gasteiger partial charge on any atom is -0.353 e. The molecule has 0 atom stereocenters. The predicted molar refractivity (Wildman–Crippen MR) is 88.2 cm³/mol. The van der Waals surface area contributed by atoms with Crippen LogP contribution in [0.2, 0.25) is 0 Å². The van der Waals surface area contributed by atoms with E-state index >= 15 is 0 Å². The van der Waals surface area contributed by atoms with Gasteiger partial charge in [-0.3, -0.25) is 4.79 Å². The van der Waals surface area contributed by atoms with Crippen molar-refractivity contribution in [1.29, 1.82) is 0 Å². The molecule has 0 aliphatic rings. The lowest BCUT2D eigenvalue weighted by Gasteiger charge is -2.15. The molecule has 5 nitrogen and oxygen atoms in total. The van der Waals surface area contributed by atoms with Gasteiger partial charge in [0.2, 0.25) is 15.9 Å². The highest BCUT2D eigenvalue weighted by molar-refractivity contribution is 7.89. The van der Waals surface area contributed by atoms with E-state index in [1.807, 2.05) is 26.8 Å². The third kappa shape index (κ3) is 5.42. The van der Waals surface area contributed by atoms with E-state index in [0.29, 0.717) is 5.56 Å².